The largest absolute Gasteiger partial charge is 0.336 e. The molecule has 10 heteroatoms. The van der Waals surface area contributed by atoms with Crippen molar-refractivity contribution in [1.82, 2.24) is 20.4 Å². The highest BCUT2D eigenvalue weighted by Crippen LogP contribution is 2.32. The molecule has 6 nitrogen and oxygen atoms in total. The highest BCUT2D eigenvalue weighted by atomic mass is 35.5. The number of hydrogen-bond donors (Lipinski definition) is 2. The summed E-state index contributed by atoms with van der Waals surface area (Å²) in [6.07, 6.45) is -0.350. The number of nitrogens with one attached hydrogen (secondary N) is 2. The molecule has 0 spiro atoms. The Bertz CT molecular complexity index is 667. The van der Waals surface area contributed by atoms with Crippen molar-refractivity contribution in [3.63, 3.8) is 0 Å². The van der Waals surface area contributed by atoms with Crippen molar-refractivity contribution in [1.29, 1.82) is 0 Å². The molecular weight excluding hydrogens is 351 g/mol. The lowest BCUT2D eigenvalue weighted by atomic mass is 10.1. The molecule has 0 saturated heterocycles. The maximum atomic E-state index is 6.29. The number of halogens is 2. The zero-order valence-electron chi connectivity index (χ0n) is 10.3. The average molecular weight is 359 g/mol. The Kier molecular flexibility index (Phi) is 4.49. The molecule has 0 amide bonds. The van der Waals surface area contributed by atoms with Gasteiger partial charge in [0, 0.05) is 5.56 Å². The highest BCUT2D eigenvalue weighted by molar-refractivity contribution is 7.13. The minimum Gasteiger partial charge on any atom is -0.336 e. The van der Waals surface area contributed by atoms with E-state index in [4.69, 9.17) is 23.2 Å². The highest BCUT2D eigenvalue weighted by Gasteiger charge is 2.18. The summed E-state index contributed by atoms with van der Waals surface area (Å²) in [7, 11) is 0. The van der Waals surface area contributed by atoms with Crippen LogP contribution in [-0.2, 0) is 0 Å². The third-order valence-electron chi connectivity index (χ3n) is 2.55. The van der Waals surface area contributed by atoms with Gasteiger partial charge in [-0.1, -0.05) is 58.0 Å². The Morgan fingerprint density at radius 3 is 2.10 bits per heavy atom. The topological polar surface area (TPSA) is 75.6 Å². The van der Waals surface area contributed by atoms with Gasteiger partial charge < -0.3 is 10.6 Å². The molecule has 0 aliphatic carbocycles. The fourth-order valence-corrected chi connectivity index (χ4v) is 3.02. The second-order valence-electron chi connectivity index (χ2n) is 3.85. The van der Waals surface area contributed by atoms with Gasteiger partial charge in [0.1, 0.15) is 17.2 Å². The number of nitrogens with zero attached hydrogens (tertiary/aromatic N) is 4. The fraction of sp³-hybridized carbons (Fsp3) is 0.0909. The van der Waals surface area contributed by atoms with E-state index in [1.165, 1.54) is 22.7 Å². The summed E-state index contributed by atoms with van der Waals surface area (Å²) >= 11 is 15.1. The van der Waals surface area contributed by atoms with E-state index in [2.05, 4.69) is 31.0 Å². The first-order chi connectivity index (χ1) is 10.2. The van der Waals surface area contributed by atoms with Crippen molar-refractivity contribution >= 4 is 56.1 Å². The molecule has 21 heavy (non-hydrogen) atoms. The molecule has 2 aromatic heterocycles. The number of benzene rings is 1. The molecule has 0 fully saturated rings. The lowest BCUT2D eigenvalue weighted by Gasteiger charge is -2.20. The van der Waals surface area contributed by atoms with Crippen LogP contribution in [0.2, 0.25) is 10.0 Å². The van der Waals surface area contributed by atoms with Gasteiger partial charge in [-0.2, -0.15) is 0 Å². The van der Waals surface area contributed by atoms with Gasteiger partial charge in [-0.3, -0.25) is 0 Å². The molecule has 3 aromatic rings. The number of hydrogen-bond acceptors (Lipinski definition) is 8. The molecule has 0 aliphatic rings. The van der Waals surface area contributed by atoms with Gasteiger partial charge in [-0.05, 0) is 6.07 Å². The standard InChI is InChI=1S/C11H8Cl2N6S2/c12-7-3-1-2-6(8(7)13)9(16-10-18-14-4-20-10)17-11-19-15-5-21-11/h1-5,9H,(H,16,18)(H,17,19). The summed E-state index contributed by atoms with van der Waals surface area (Å²) in [5.41, 5.74) is 4.07. The van der Waals surface area contributed by atoms with Crippen LogP contribution in [0.15, 0.2) is 29.2 Å². The van der Waals surface area contributed by atoms with Gasteiger partial charge in [0.25, 0.3) is 0 Å². The molecule has 3 rings (SSSR count). The SMILES string of the molecule is Clc1cccc(C(Nc2nncs2)Nc2nncs2)c1Cl. The van der Waals surface area contributed by atoms with Crippen molar-refractivity contribution in [2.24, 2.45) is 0 Å². The molecule has 1 aromatic carbocycles. The van der Waals surface area contributed by atoms with Crippen LogP contribution in [0.5, 0.6) is 0 Å². The van der Waals surface area contributed by atoms with Crippen molar-refractivity contribution in [2.45, 2.75) is 6.17 Å². The summed E-state index contributed by atoms with van der Waals surface area (Å²) in [4.78, 5) is 0. The number of anilines is 2. The maximum Gasteiger partial charge on any atom is 0.207 e. The molecule has 2 N–H and O–H groups in total. The Labute approximate surface area is 138 Å². The van der Waals surface area contributed by atoms with Crippen LogP contribution < -0.4 is 10.6 Å². The summed E-state index contributed by atoms with van der Waals surface area (Å²) in [6.45, 7) is 0. The van der Waals surface area contributed by atoms with Gasteiger partial charge in [0.15, 0.2) is 0 Å². The third-order valence-corrected chi connectivity index (χ3v) is 4.63. The summed E-state index contributed by atoms with van der Waals surface area (Å²) in [5.74, 6) is 0. The Balaban J connectivity index is 1.92. The normalized spacial score (nSPS) is 10.8. The van der Waals surface area contributed by atoms with E-state index in [0.29, 0.717) is 20.3 Å². The van der Waals surface area contributed by atoms with Crippen LogP contribution in [0.3, 0.4) is 0 Å². The van der Waals surface area contributed by atoms with Gasteiger partial charge in [-0.15, -0.1) is 20.4 Å². The molecule has 0 unspecified atom stereocenters. The van der Waals surface area contributed by atoms with E-state index in [9.17, 15) is 0 Å². The first-order valence-corrected chi connectivity index (χ1v) is 8.25. The van der Waals surface area contributed by atoms with E-state index < -0.39 is 0 Å². The van der Waals surface area contributed by atoms with Crippen molar-refractivity contribution in [3.05, 3.63) is 44.8 Å². The van der Waals surface area contributed by atoms with E-state index in [-0.39, 0.29) is 6.17 Å². The number of rotatable bonds is 5. The monoisotopic (exact) mass is 358 g/mol. The Morgan fingerprint density at radius 1 is 0.952 bits per heavy atom. The van der Waals surface area contributed by atoms with Crippen LogP contribution in [-0.4, -0.2) is 20.4 Å². The molecule has 108 valence electrons. The fourth-order valence-electron chi connectivity index (χ4n) is 1.65. The molecule has 0 aliphatic heterocycles. The second kappa shape index (κ2) is 6.52. The van der Waals surface area contributed by atoms with E-state index in [1.54, 1.807) is 17.1 Å². The number of aromatic nitrogens is 4. The molecule has 0 radical (unpaired) electrons. The minimum absolute atomic E-state index is 0.350. The molecular formula is C11H8Cl2N6S2. The molecule has 0 saturated carbocycles. The van der Waals surface area contributed by atoms with Gasteiger partial charge in [0.05, 0.1) is 10.0 Å². The quantitative estimate of drug-likeness (QED) is 0.673. The van der Waals surface area contributed by atoms with Crippen molar-refractivity contribution in [2.75, 3.05) is 10.6 Å². The zero-order chi connectivity index (χ0) is 14.7. The molecule has 0 atom stereocenters. The molecule has 0 bridgehead atoms. The Hall–Kier alpha value is -1.48. The van der Waals surface area contributed by atoms with E-state index >= 15 is 0 Å². The summed E-state index contributed by atoms with van der Waals surface area (Å²) < 4.78 is 0. The van der Waals surface area contributed by atoms with Crippen molar-refractivity contribution in [3.8, 4) is 0 Å². The summed E-state index contributed by atoms with van der Waals surface area (Å²) in [6, 6.07) is 5.45. The first-order valence-electron chi connectivity index (χ1n) is 5.73. The second-order valence-corrected chi connectivity index (χ2v) is 6.30. The lowest BCUT2D eigenvalue weighted by Crippen LogP contribution is -2.20. The zero-order valence-corrected chi connectivity index (χ0v) is 13.5. The van der Waals surface area contributed by atoms with E-state index in [0.717, 1.165) is 5.56 Å². The Morgan fingerprint density at radius 2 is 1.57 bits per heavy atom. The van der Waals surface area contributed by atoms with Crippen LogP contribution >= 0.6 is 45.9 Å². The maximum absolute atomic E-state index is 6.29. The van der Waals surface area contributed by atoms with E-state index in [1.807, 2.05) is 12.1 Å². The smallest absolute Gasteiger partial charge is 0.207 e. The average Bonchev–Trinajstić information content (AvgIpc) is 3.15. The minimum atomic E-state index is -0.350. The van der Waals surface area contributed by atoms with Gasteiger partial charge >= 0.3 is 0 Å². The predicted molar refractivity (Wildman–Crippen MR) is 86.3 cm³/mol. The van der Waals surface area contributed by atoms with Crippen LogP contribution in [0.25, 0.3) is 0 Å². The third kappa shape index (κ3) is 3.41. The predicted octanol–water partition coefficient (Wildman–Crippen LogP) is 3.92. The van der Waals surface area contributed by atoms with Gasteiger partial charge in [-0.25, -0.2) is 0 Å². The summed E-state index contributed by atoms with van der Waals surface area (Å²) in [5, 5.41) is 24.2. The van der Waals surface area contributed by atoms with Crippen LogP contribution in [0.4, 0.5) is 10.3 Å². The van der Waals surface area contributed by atoms with Crippen LogP contribution in [0.1, 0.15) is 11.7 Å². The van der Waals surface area contributed by atoms with Crippen LogP contribution in [0, 0.1) is 0 Å². The van der Waals surface area contributed by atoms with Crippen molar-refractivity contribution < 1.29 is 0 Å². The van der Waals surface area contributed by atoms with Gasteiger partial charge in [0.2, 0.25) is 10.3 Å². The molecule has 2 heterocycles. The first kappa shape index (κ1) is 14.5. The lowest BCUT2D eigenvalue weighted by molar-refractivity contribution is 0.879.